The molecule has 1 aliphatic rings. The molecule has 8 heteroatoms. The van der Waals surface area contributed by atoms with Crippen molar-refractivity contribution in [3.8, 4) is 0 Å². The van der Waals surface area contributed by atoms with Crippen LogP contribution in [0.3, 0.4) is 0 Å². The molecule has 2 aromatic carbocycles. The minimum atomic E-state index is -0.309. The standard InChI is InChI=1S/C22H23BrClN3O3/c1-14-18(24)3-2-4-19(14)26-20(28)13-25-21(29)15-9-11-27(12-10-15)22(30)16-5-7-17(23)8-6-16/h2-8,15H,9-13H2,1H3,(H,25,29)(H,26,28). The molecule has 6 nitrogen and oxygen atoms in total. The molecule has 0 aliphatic carbocycles. The number of carbonyl (C=O) groups is 3. The van der Waals surface area contributed by atoms with Gasteiger partial charge in [0.1, 0.15) is 0 Å². The van der Waals surface area contributed by atoms with Crippen LogP contribution in [0.15, 0.2) is 46.9 Å². The maximum Gasteiger partial charge on any atom is 0.253 e. The lowest BCUT2D eigenvalue weighted by atomic mass is 9.95. The zero-order chi connectivity index (χ0) is 21.7. The molecule has 0 bridgehead atoms. The number of hydrogen-bond acceptors (Lipinski definition) is 3. The van der Waals surface area contributed by atoms with Gasteiger partial charge in [-0.15, -0.1) is 0 Å². The van der Waals surface area contributed by atoms with E-state index in [1.807, 2.05) is 19.1 Å². The maximum absolute atomic E-state index is 12.6. The molecule has 158 valence electrons. The van der Waals surface area contributed by atoms with Crippen LogP contribution in [0.25, 0.3) is 0 Å². The van der Waals surface area contributed by atoms with Gasteiger partial charge in [-0.3, -0.25) is 14.4 Å². The molecule has 0 radical (unpaired) electrons. The summed E-state index contributed by atoms with van der Waals surface area (Å²) in [6.45, 7) is 2.74. The summed E-state index contributed by atoms with van der Waals surface area (Å²) < 4.78 is 0.920. The highest BCUT2D eigenvalue weighted by Crippen LogP contribution is 2.23. The van der Waals surface area contributed by atoms with E-state index in [0.717, 1.165) is 10.0 Å². The Hall–Kier alpha value is -2.38. The second kappa shape index (κ2) is 10.1. The Morgan fingerprint density at radius 2 is 1.77 bits per heavy atom. The predicted molar refractivity (Wildman–Crippen MR) is 121 cm³/mol. The summed E-state index contributed by atoms with van der Waals surface area (Å²) in [5, 5.41) is 6.03. The van der Waals surface area contributed by atoms with Crippen molar-refractivity contribution in [1.29, 1.82) is 0 Å². The molecule has 0 saturated carbocycles. The third kappa shape index (κ3) is 5.61. The van der Waals surface area contributed by atoms with Gasteiger partial charge in [0.2, 0.25) is 11.8 Å². The van der Waals surface area contributed by atoms with Crippen LogP contribution in [-0.2, 0) is 9.59 Å². The smallest absolute Gasteiger partial charge is 0.253 e. The van der Waals surface area contributed by atoms with E-state index in [9.17, 15) is 14.4 Å². The molecule has 0 unspecified atom stereocenters. The van der Waals surface area contributed by atoms with Crippen molar-refractivity contribution in [2.45, 2.75) is 19.8 Å². The van der Waals surface area contributed by atoms with Crippen molar-refractivity contribution in [3.63, 3.8) is 0 Å². The van der Waals surface area contributed by atoms with Crippen molar-refractivity contribution in [2.24, 2.45) is 5.92 Å². The molecular weight excluding hydrogens is 470 g/mol. The molecule has 0 spiro atoms. The van der Waals surface area contributed by atoms with Gasteiger partial charge < -0.3 is 15.5 Å². The van der Waals surface area contributed by atoms with Crippen molar-refractivity contribution in [2.75, 3.05) is 25.0 Å². The van der Waals surface area contributed by atoms with Crippen LogP contribution in [0.5, 0.6) is 0 Å². The van der Waals surface area contributed by atoms with Crippen LogP contribution in [-0.4, -0.2) is 42.3 Å². The predicted octanol–water partition coefficient (Wildman–Crippen LogP) is 4.02. The van der Waals surface area contributed by atoms with Gasteiger partial charge >= 0.3 is 0 Å². The molecule has 1 heterocycles. The summed E-state index contributed by atoms with van der Waals surface area (Å²) >= 11 is 9.42. The number of piperidine rings is 1. The van der Waals surface area contributed by atoms with Gasteiger partial charge in [-0.1, -0.05) is 33.6 Å². The molecule has 1 fully saturated rings. The Labute approximate surface area is 189 Å². The number of nitrogens with zero attached hydrogens (tertiary/aromatic N) is 1. The number of halogens is 2. The lowest BCUT2D eigenvalue weighted by Gasteiger charge is -2.31. The number of hydrogen-bond donors (Lipinski definition) is 2. The third-order valence-electron chi connectivity index (χ3n) is 5.21. The molecule has 1 aliphatic heterocycles. The van der Waals surface area contributed by atoms with Crippen LogP contribution >= 0.6 is 27.5 Å². The fourth-order valence-corrected chi connectivity index (χ4v) is 3.81. The minimum Gasteiger partial charge on any atom is -0.347 e. The zero-order valence-electron chi connectivity index (χ0n) is 16.6. The molecule has 30 heavy (non-hydrogen) atoms. The molecule has 3 amide bonds. The lowest BCUT2D eigenvalue weighted by Crippen LogP contribution is -2.44. The summed E-state index contributed by atoms with van der Waals surface area (Å²) in [5.74, 6) is -0.711. The highest BCUT2D eigenvalue weighted by atomic mass is 79.9. The van der Waals surface area contributed by atoms with E-state index < -0.39 is 0 Å². The van der Waals surface area contributed by atoms with Gasteiger partial charge in [0.05, 0.1) is 6.54 Å². The number of nitrogens with one attached hydrogen (secondary N) is 2. The summed E-state index contributed by atoms with van der Waals surface area (Å²) in [6.07, 6.45) is 1.15. The highest BCUT2D eigenvalue weighted by molar-refractivity contribution is 9.10. The summed E-state index contributed by atoms with van der Waals surface area (Å²) in [5.41, 5.74) is 2.04. The Balaban J connectivity index is 1.45. The number of likely N-dealkylation sites (tertiary alicyclic amines) is 1. The first-order valence-electron chi connectivity index (χ1n) is 9.72. The Bertz CT molecular complexity index is 941. The summed E-state index contributed by atoms with van der Waals surface area (Å²) in [7, 11) is 0. The third-order valence-corrected chi connectivity index (χ3v) is 6.15. The van der Waals surface area contributed by atoms with E-state index in [2.05, 4.69) is 26.6 Å². The fourth-order valence-electron chi connectivity index (χ4n) is 3.37. The van der Waals surface area contributed by atoms with Crippen molar-refractivity contribution in [1.82, 2.24) is 10.2 Å². The second-order valence-corrected chi connectivity index (χ2v) is 8.57. The van der Waals surface area contributed by atoms with Crippen LogP contribution in [0.4, 0.5) is 5.69 Å². The van der Waals surface area contributed by atoms with Crippen LogP contribution in [0.1, 0.15) is 28.8 Å². The summed E-state index contributed by atoms with van der Waals surface area (Å²) in [4.78, 5) is 38.9. The van der Waals surface area contributed by atoms with E-state index in [0.29, 0.717) is 42.2 Å². The number of carbonyl (C=O) groups excluding carboxylic acids is 3. The SMILES string of the molecule is Cc1c(Cl)cccc1NC(=O)CNC(=O)C1CCN(C(=O)c2ccc(Br)cc2)CC1. The number of rotatable bonds is 5. The van der Waals surface area contributed by atoms with Crippen LogP contribution in [0, 0.1) is 12.8 Å². The van der Waals surface area contributed by atoms with Crippen molar-refractivity contribution < 1.29 is 14.4 Å². The quantitative estimate of drug-likeness (QED) is 0.662. The Morgan fingerprint density at radius 3 is 2.43 bits per heavy atom. The first kappa shape index (κ1) is 22.3. The first-order chi connectivity index (χ1) is 14.3. The van der Waals surface area contributed by atoms with E-state index in [4.69, 9.17) is 11.6 Å². The number of anilines is 1. The average Bonchev–Trinajstić information content (AvgIpc) is 2.75. The summed E-state index contributed by atoms with van der Waals surface area (Å²) in [6, 6.07) is 12.5. The van der Waals surface area contributed by atoms with Gasteiger partial charge in [-0.25, -0.2) is 0 Å². The molecule has 0 atom stereocenters. The first-order valence-corrected chi connectivity index (χ1v) is 10.9. The Kier molecular flexibility index (Phi) is 7.50. The minimum absolute atomic E-state index is 0.0300. The topological polar surface area (TPSA) is 78.5 Å². The van der Waals surface area contributed by atoms with Gasteiger partial charge in [0, 0.05) is 39.8 Å². The van der Waals surface area contributed by atoms with Gasteiger partial charge in [0.15, 0.2) is 0 Å². The normalized spacial score (nSPS) is 14.3. The molecular formula is C22H23BrClN3O3. The van der Waals surface area contributed by atoms with Gasteiger partial charge in [0.25, 0.3) is 5.91 Å². The van der Waals surface area contributed by atoms with E-state index in [1.54, 1.807) is 35.2 Å². The molecule has 0 aromatic heterocycles. The van der Waals surface area contributed by atoms with E-state index >= 15 is 0 Å². The van der Waals surface area contributed by atoms with Gasteiger partial charge in [-0.2, -0.15) is 0 Å². The van der Waals surface area contributed by atoms with Crippen LogP contribution < -0.4 is 10.6 Å². The number of amides is 3. The monoisotopic (exact) mass is 491 g/mol. The highest BCUT2D eigenvalue weighted by Gasteiger charge is 2.28. The number of benzene rings is 2. The van der Waals surface area contributed by atoms with E-state index in [-0.39, 0.29) is 30.2 Å². The molecule has 1 saturated heterocycles. The second-order valence-electron chi connectivity index (χ2n) is 7.25. The van der Waals surface area contributed by atoms with E-state index in [1.165, 1.54) is 0 Å². The molecule has 2 aromatic rings. The molecule has 2 N–H and O–H groups in total. The maximum atomic E-state index is 12.6. The Morgan fingerprint density at radius 1 is 1.10 bits per heavy atom. The largest absolute Gasteiger partial charge is 0.347 e. The van der Waals surface area contributed by atoms with Crippen molar-refractivity contribution in [3.05, 3.63) is 63.1 Å². The van der Waals surface area contributed by atoms with Gasteiger partial charge in [-0.05, 0) is 61.7 Å². The lowest BCUT2D eigenvalue weighted by molar-refractivity contribution is -0.128. The van der Waals surface area contributed by atoms with Crippen LogP contribution in [0.2, 0.25) is 5.02 Å². The fraction of sp³-hybridized carbons (Fsp3) is 0.318. The molecule has 3 rings (SSSR count). The van der Waals surface area contributed by atoms with Crippen molar-refractivity contribution >= 4 is 50.9 Å². The average molecular weight is 493 g/mol. The zero-order valence-corrected chi connectivity index (χ0v) is 18.9.